The van der Waals surface area contributed by atoms with E-state index in [2.05, 4.69) is 15.3 Å². The van der Waals surface area contributed by atoms with Crippen molar-refractivity contribution in [3.05, 3.63) is 63.3 Å². The molecule has 1 aliphatic rings. The molecule has 1 aromatic carbocycles. The molecule has 1 amide bonds. The summed E-state index contributed by atoms with van der Waals surface area (Å²) >= 11 is 0. The third kappa shape index (κ3) is 5.46. The molecule has 0 spiro atoms. The number of hydrogen-bond donors (Lipinski definition) is 1. The summed E-state index contributed by atoms with van der Waals surface area (Å²) < 4.78 is 49.2. The van der Waals surface area contributed by atoms with E-state index in [9.17, 15) is 22.8 Å². The van der Waals surface area contributed by atoms with E-state index in [0.717, 1.165) is 6.07 Å². The number of carbonyl (C=O) groups excluding carboxylic acids is 1. The fourth-order valence-electron chi connectivity index (χ4n) is 4.69. The predicted molar refractivity (Wildman–Crippen MR) is 134 cm³/mol. The first-order chi connectivity index (χ1) is 17.4. The van der Waals surface area contributed by atoms with Crippen LogP contribution in [0, 0.1) is 6.92 Å². The number of alkyl halides is 3. The maximum Gasteiger partial charge on any atom is 0.416 e. The first-order valence-electron chi connectivity index (χ1n) is 12.1. The van der Waals surface area contributed by atoms with Gasteiger partial charge in [-0.3, -0.25) is 14.2 Å². The second-order valence-electron chi connectivity index (χ2n) is 9.48. The van der Waals surface area contributed by atoms with Gasteiger partial charge in [-0.15, -0.1) is 0 Å². The van der Waals surface area contributed by atoms with Crippen molar-refractivity contribution >= 4 is 22.6 Å². The van der Waals surface area contributed by atoms with Gasteiger partial charge in [0.25, 0.3) is 11.5 Å². The number of amides is 1. The molecule has 3 atom stereocenters. The molecule has 2 aromatic heterocycles. The average Bonchev–Trinajstić information content (AvgIpc) is 2.84. The van der Waals surface area contributed by atoms with Crippen LogP contribution in [0.2, 0.25) is 0 Å². The van der Waals surface area contributed by atoms with Crippen LogP contribution in [0.5, 0.6) is 0 Å². The fraction of sp³-hybridized carbons (Fsp3) is 0.462. The van der Waals surface area contributed by atoms with Crippen molar-refractivity contribution in [3.63, 3.8) is 0 Å². The summed E-state index contributed by atoms with van der Waals surface area (Å²) in [5.74, 6) is 0.458. The number of benzene rings is 1. The molecule has 3 aromatic rings. The molecule has 3 unspecified atom stereocenters. The Morgan fingerprint density at radius 2 is 1.89 bits per heavy atom. The number of hydrogen-bond acceptors (Lipinski definition) is 6. The van der Waals surface area contributed by atoms with Gasteiger partial charge in [-0.25, -0.2) is 9.97 Å². The molecule has 11 heteroatoms. The summed E-state index contributed by atoms with van der Waals surface area (Å²) in [6, 6.07) is 4.59. The van der Waals surface area contributed by atoms with E-state index in [1.807, 2.05) is 13.8 Å². The predicted octanol–water partition coefficient (Wildman–Crippen LogP) is 4.47. The molecular formula is C26H30F3N5O3. The van der Waals surface area contributed by atoms with E-state index >= 15 is 0 Å². The van der Waals surface area contributed by atoms with Crippen LogP contribution < -0.4 is 10.9 Å². The van der Waals surface area contributed by atoms with Crippen molar-refractivity contribution in [2.24, 2.45) is 7.05 Å². The van der Waals surface area contributed by atoms with Gasteiger partial charge in [-0.05, 0) is 57.0 Å². The number of aryl methyl sites for hydroxylation is 1. The molecule has 0 saturated carbocycles. The van der Waals surface area contributed by atoms with Crippen molar-refractivity contribution < 1.29 is 22.7 Å². The highest BCUT2D eigenvalue weighted by Gasteiger charge is 2.36. The number of nitrogens with one attached hydrogen (secondary N) is 1. The van der Waals surface area contributed by atoms with E-state index in [-0.39, 0.29) is 34.6 Å². The Morgan fingerprint density at radius 3 is 2.46 bits per heavy atom. The smallest absolute Gasteiger partial charge is 0.372 e. The molecular weight excluding hydrogens is 487 g/mol. The third-order valence-corrected chi connectivity index (χ3v) is 6.60. The lowest BCUT2D eigenvalue weighted by atomic mass is 9.95. The number of rotatable bonds is 5. The molecule has 0 aliphatic carbocycles. The van der Waals surface area contributed by atoms with Crippen LogP contribution in [-0.2, 0) is 18.0 Å². The highest BCUT2D eigenvalue weighted by Crippen LogP contribution is 2.38. The molecule has 4 rings (SSSR count). The summed E-state index contributed by atoms with van der Waals surface area (Å²) in [7, 11) is 1.53. The largest absolute Gasteiger partial charge is 0.416 e. The van der Waals surface area contributed by atoms with Gasteiger partial charge in [0.05, 0.1) is 40.3 Å². The lowest BCUT2D eigenvalue weighted by Crippen LogP contribution is -2.48. The number of fused-ring (bicyclic) bond motifs is 1. The highest BCUT2D eigenvalue weighted by atomic mass is 19.4. The van der Waals surface area contributed by atoms with Crippen LogP contribution in [0.25, 0.3) is 10.9 Å². The molecule has 3 heterocycles. The second kappa shape index (κ2) is 10.1. The van der Waals surface area contributed by atoms with Gasteiger partial charge in [-0.2, -0.15) is 13.2 Å². The summed E-state index contributed by atoms with van der Waals surface area (Å²) in [4.78, 5) is 35.9. The van der Waals surface area contributed by atoms with Gasteiger partial charge in [0.15, 0.2) is 0 Å². The lowest BCUT2D eigenvalue weighted by molar-refractivity contribution is -0.138. The fourth-order valence-corrected chi connectivity index (χ4v) is 4.69. The van der Waals surface area contributed by atoms with Crippen molar-refractivity contribution in [2.45, 2.75) is 58.5 Å². The van der Waals surface area contributed by atoms with Gasteiger partial charge < -0.3 is 15.0 Å². The van der Waals surface area contributed by atoms with Gasteiger partial charge >= 0.3 is 6.18 Å². The van der Waals surface area contributed by atoms with E-state index in [1.165, 1.54) is 23.9 Å². The molecule has 0 bridgehead atoms. The SMILES string of the molecule is CCC(Nc1ccc(C(=O)N2CC(C)OC(C)C2)cn1)c1cc2c(=O)n(C)c(C)nc2cc1C(F)(F)F. The summed E-state index contributed by atoms with van der Waals surface area (Å²) in [6.45, 7) is 8.06. The summed E-state index contributed by atoms with van der Waals surface area (Å²) in [5.41, 5.74) is -0.962. The Hall–Kier alpha value is -3.47. The highest BCUT2D eigenvalue weighted by molar-refractivity contribution is 5.94. The maximum atomic E-state index is 14.1. The zero-order valence-electron chi connectivity index (χ0n) is 21.4. The minimum Gasteiger partial charge on any atom is -0.372 e. The van der Waals surface area contributed by atoms with Crippen LogP contribution in [-0.4, -0.2) is 50.6 Å². The van der Waals surface area contributed by atoms with Gasteiger partial charge in [0.1, 0.15) is 11.6 Å². The number of anilines is 1. The number of nitrogens with zero attached hydrogens (tertiary/aromatic N) is 4. The van der Waals surface area contributed by atoms with Crippen molar-refractivity contribution in [1.82, 2.24) is 19.4 Å². The minimum atomic E-state index is -4.65. The molecule has 198 valence electrons. The topological polar surface area (TPSA) is 89.4 Å². The maximum absolute atomic E-state index is 14.1. The number of pyridine rings is 1. The van der Waals surface area contributed by atoms with Crippen LogP contribution in [0.3, 0.4) is 0 Å². The normalized spacial score (nSPS) is 19.2. The standard InChI is InChI=1S/C26H30F3N5O3/c1-6-21(18-9-19-22(10-20(18)26(27,28)29)31-16(4)33(5)25(19)36)32-23-8-7-17(11-30-23)24(35)34-12-14(2)37-15(3)13-34/h7-11,14-15,21H,6,12-13H2,1-5H3,(H,30,32). The molecule has 1 N–H and O–H groups in total. The monoisotopic (exact) mass is 517 g/mol. The Labute approximate surface area is 212 Å². The molecule has 1 fully saturated rings. The Kier molecular flexibility index (Phi) is 7.27. The van der Waals surface area contributed by atoms with Gasteiger partial charge in [-0.1, -0.05) is 6.92 Å². The van der Waals surface area contributed by atoms with Crippen LogP contribution in [0.1, 0.15) is 60.5 Å². The van der Waals surface area contributed by atoms with Crippen LogP contribution in [0.4, 0.5) is 19.0 Å². The van der Waals surface area contributed by atoms with E-state index in [4.69, 9.17) is 4.74 Å². The Bertz CT molecular complexity index is 1360. The summed E-state index contributed by atoms with van der Waals surface area (Å²) in [5, 5.41) is 3.15. The number of halogens is 3. The molecule has 1 aliphatic heterocycles. The first-order valence-corrected chi connectivity index (χ1v) is 12.1. The third-order valence-electron chi connectivity index (χ3n) is 6.60. The van der Waals surface area contributed by atoms with E-state index < -0.39 is 23.3 Å². The number of ether oxygens (including phenoxy) is 1. The Balaban J connectivity index is 1.65. The zero-order valence-corrected chi connectivity index (χ0v) is 21.4. The molecule has 1 saturated heterocycles. The minimum absolute atomic E-state index is 0.000678. The lowest BCUT2D eigenvalue weighted by Gasteiger charge is -2.35. The van der Waals surface area contributed by atoms with Gasteiger partial charge in [0, 0.05) is 26.3 Å². The number of carbonyl (C=O) groups is 1. The average molecular weight is 518 g/mol. The second-order valence-corrected chi connectivity index (χ2v) is 9.48. The van der Waals surface area contributed by atoms with Crippen molar-refractivity contribution in [2.75, 3.05) is 18.4 Å². The van der Waals surface area contributed by atoms with Crippen LogP contribution in [0.15, 0.2) is 35.3 Å². The van der Waals surface area contributed by atoms with Crippen LogP contribution >= 0.6 is 0 Å². The quantitative estimate of drug-likeness (QED) is 0.537. The molecule has 8 nitrogen and oxygen atoms in total. The van der Waals surface area contributed by atoms with Crippen molar-refractivity contribution in [1.29, 1.82) is 0 Å². The van der Waals surface area contributed by atoms with E-state index in [1.54, 1.807) is 30.9 Å². The molecule has 37 heavy (non-hydrogen) atoms. The van der Waals surface area contributed by atoms with E-state index in [0.29, 0.717) is 36.7 Å². The number of morpholine rings is 1. The zero-order chi connectivity index (χ0) is 27.1. The Morgan fingerprint density at radius 1 is 1.22 bits per heavy atom. The van der Waals surface area contributed by atoms with Crippen molar-refractivity contribution in [3.8, 4) is 0 Å². The summed E-state index contributed by atoms with van der Waals surface area (Å²) in [6.07, 6.45) is -3.10. The first kappa shape index (κ1) is 26.6. The molecule has 0 radical (unpaired) electrons. The number of aromatic nitrogens is 3. The van der Waals surface area contributed by atoms with Gasteiger partial charge in [0.2, 0.25) is 0 Å².